The van der Waals surface area contributed by atoms with Gasteiger partial charge in [-0.2, -0.15) is 13.2 Å². The summed E-state index contributed by atoms with van der Waals surface area (Å²) in [5.41, 5.74) is 7.59. The number of alkyl halides is 3. The zero-order chi connectivity index (χ0) is 26.3. The highest BCUT2D eigenvalue weighted by atomic mass is 19.4. The van der Waals surface area contributed by atoms with Crippen LogP contribution in [0.4, 0.5) is 30.2 Å². The number of amides is 2. The second-order valence-corrected chi connectivity index (χ2v) is 7.74. The van der Waals surface area contributed by atoms with Gasteiger partial charge in [0, 0.05) is 11.8 Å². The molecule has 2 amide bonds. The van der Waals surface area contributed by atoms with Crippen LogP contribution in [0, 0.1) is 6.92 Å². The molecule has 3 aromatic rings. The molecule has 3 aromatic carbocycles. The standard InChI is InChI=1S/C26H24F3N3O4/c1-16-6-9-21(20(30)12-16)32-24(33)11-8-17-7-10-22(23(13-17)35-2)36-15-25(34)31-19-5-3-4-18(14-19)26(27,28)29/h3-14H,15,30H2,1-2H3,(H,31,34)(H,32,33)/b11-8+. The van der Waals surface area contributed by atoms with Crippen LogP contribution in [0.25, 0.3) is 6.08 Å². The van der Waals surface area contributed by atoms with Gasteiger partial charge in [0.15, 0.2) is 18.1 Å². The third-order valence-electron chi connectivity index (χ3n) is 4.91. The van der Waals surface area contributed by atoms with Crippen LogP contribution in [0.15, 0.2) is 66.7 Å². The second-order valence-electron chi connectivity index (χ2n) is 7.74. The van der Waals surface area contributed by atoms with Crippen molar-refractivity contribution in [1.82, 2.24) is 0 Å². The molecule has 0 heterocycles. The molecule has 0 spiro atoms. The Labute approximate surface area is 205 Å². The van der Waals surface area contributed by atoms with Crippen molar-refractivity contribution < 1.29 is 32.2 Å². The van der Waals surface area contributed by atoms with E-state index in [1.165, 1.54) is 25.3 Å². The summed E-state index contributed by atoms with van der Waals surface area (Å²) in [5, 5.41) is 5.06. The lowest BCUT2D eigenvalue weighted by Gasteiger charge is -2.12. The molecule has 36 heavy (non-hydrogen) atoms. The average Bonchev–Trinajstić information content (AvgIpc) is 2.83. The SMILES string of the molecule is COc1cc(/C=C/C(=O)Nc2ccc(C)cc2N)ccc1OCC(=O)Nc1cccc(C(F)(F)F)c1. The molecule has 188 valence electrons. The van der Waals surface area contributed by atoms with E-state index in [0.29, 0.717) is 22.7 Å². The highest BCUT2D eigenvalue weighted by molar-refractivity contribution is 6.03. The fourth-order valence-corrected chi connectivity index (χ4v) is 3.16. The van der Waals surface area contributed by atoms with Crippen LogP contribution in [-0.4, -0.2) is 25.5 Å². The molecule has 0 atom stereocenters. The zero-order valence-electron chi connectivity index (χ0n) is 19.5. The summed E-state index contributed by atoms with van der Waals surface area (Å²) in [6.45, 7) is 1.44. The van der Waals surface area contributed by atoms with Crippen molar-refractivity contribution in [2.24, 2.45) is 0 Å². The Kier molecular flexibility index (Phi) is 8.21. The van der Waals surface area contributed by atoms with E-state index in [-0.39, 0.29) is 17.3 Å². The molecule has 0 radical (unpaired) electrons. The highest BCUT2D eigenvalue weighted by Crippen LogP contribution is 2.31. The summed E-state index contributed by atoms with van der Waals surface area (Å²) >= 11 is 0. The summed E-state index contributed by atoms with van der Waals surface area (Å²) < 4.78 is 49.3. The number of aryl methyl sites for hydroxylation is 1. The number of ether oxygens (including phenoxy) is 2. The molecule has 10 heteroatoms. The second kappa shape index (κ2) is 11.3. The lowest BCUT2D eigenvalue weighted by atomic mass is 10.1. The molecule has 0 saturated heterocycles. The van der Waals surface area contributed by atoms with Gasteiger partial charge in [0.2, 0.25) is 5.91 Å². The van der Waals surface area contributed by atoms with Gasteiger partial charge in [-0.15, -0.1) is 0 Å². The highest BCUT2D eigenvalue weighted by Gasteiger charge is 2.30. The number of nitrogens with two attached hydrogens (primary N) is 1. The fraction of sp³-hybridized carbons (Fsp3) is 0.154. The summed E-state index contributed by atoms with van der Waals surface area (Å²) in [6, 6.07) is 14.4. The maximum atomic E-state index is 12.8. The van der Waals surface area contributed by atoms with E-state index in [1.54, 1.807) is 36.4 Å². The number of methoxy groups -OCH3 is 1. The van der Waals surface area contributed by atoms with Crippen molar-refractivity contribution in [1.29, 1.82) is 0 Å². The monoisotopic (exact) mass is 499 g/mol. The fourth-order valence-electron chi connectivity index (χ4n) is 3.16. The van der Waals surface area contributed by atoms with Crippen LogP contribution in [0.1, 0.15) is 16.7 Å². The smallest absolute Gasteiger partial charge is 0.416 e. The van der Waals surface area contributed by atoms with E-state index in [9.17, 15) is 22.8 Å². The van der Waals surface area contributed by atoms with Gasteiger partial charge in [0.1, 0.15) is 0 Å². The topological polar surface area (TPSA) is 103 Å². The number of nitrogen functional groups attached to an aromatic ring is 1. The number of carbonyl (C=O) groups is 2. The van der Waals surface area contributed by atoms with E-state index in [0.717, 1.165) is 17.7 Å². The van der Waals surface area contributed by atoms with Gasteiger partial charge >= 0.3 is 6.18 Å². The summed E-state index contributed by atoms with van der Waals surface area (Å²) in [7, 11) is 1.41. The van der Waals surface area contributed by atoms with Gasteiger partial charge in [-0.3, -0.25) is 9.59 Å². The molecule has 4 N–H and O–H groups in total. The number of hydrogen-bond donors (Lipinski definition) is 3. The summed E-state index contributed by atoms with van der Waals surface area (Å²) in [6.07, 6.45) is -1.63. The summed E-state index contributed by atoms with van der Waals surface area (Å²) in [5.74, 6) is -0.485. The number of nitrogens with one attached hydrogen (secondary N) is 2. The molecule has 0 aliphatic heterocycles. The maximum absolute atomic E-state index is 12.8. The Bertz CT molecular complexity index is 1290. The van der Waals surface area contributed by atoms with Crippen molar-refractivity contribution in [3.63, 3.8) is 0 Å². The number of benzene rings is 3. The Morgan fingerprint density at radius 2 is 1.78 bits per heavy atom. The molecule has 0 bridgehead atoms. The molecule has 0 unspecified atom stereocenters. The molecular formula is C26H24F3N3O4. The Hall–Kier alpha value is -4.47. The third kappa shape index (κ3) is 7.26. The van der Waals surface area contributed by atoms with E-state index in [1.807, 2.05) is 13.0 Å². The predicted octanol–water partition coefficient (Wildman–Crippen LogP) is 5.27. The molecule has 0 saturated carbocycles. The van der Waals surface area contributed by atoms with Crippen LogP contribution in [0.2, 0.25) is 0 Å². The Balaban J connectivity index is 1.59. The lowest BCUT2D eigenvalue weighted by molar-refractivity contribution is -0.137. The Morgan fingerprint density at radius 3 is 2.47 bits per heavy atom. The minimum absolute atomic E-state index is 0.00320. The zero-order valence-corrected chi connectivity index (χ0v) is 19.5. The molecule has 0 fully saturated rings. The van der Waals surface area contributed by atoms with Crippen molar-refractivity contribution in [2.75, 3.05) is 30.1 Å². The van der Waals surface area contributed by atoms with E-state index < -0.39 is 24.3 Å². The van der Waals surface area contributed by atoms with Crippen molar-refractivity contribution in [2.45, 2.75) is 13.1 Å². The van der Waals surface area contributed by atoms with Gasteiger partial charge < -0.3 is 25.8 Å². The van der Waals surface area contributed by atoms with Crippen molar-refractivity contribution in [3.8, 4) is 11.5 Å². The van der Waals surface area contributed by atoms with Crippen LogP contribution in [0.3, 0.4) is 0 Å². The average molecular weight is 499 g/mol. The number of carbonyl (C=O) groups excluding carboxylic acids is 2. The van der Waals surface area contributed by atoms with Gasteiger partial charge in [0.25, 0.3) is 5.91 Å². The van der Waals surface area contributed by atoms with Gasteiger partial charge in [-0.1, -0.05) is 18.2 Å². The number of anilines is 3. The van der Waals surface area contributed by atoms with E-state index in [4.69, 9.17) is 15.2 Å². The molecular weight excluding hydrogens is 475 g/mol. The van der Waals surface area contributed by atoms with E-state index >= 15 is 0 Å². The molecule has 0 aliphatic carbocycles. The molecule has 0 aliphatic rings. The normalized spacial score (nSPS) is 11.2. The first-order valence-electron chi connectivity index (χ1n) is 10.7. The number of rotatable bonds is 8. The first-order valence-corrected chi connectivity index (χ1v) is 10.7. The van der Waals surface area contributed by atoms with Gasteiger partial charge in [0.05, 0.1) is 24.0 Å². The van der Waals surface area contributed by atoms with Crippen molar-refractivity contribution >= 4 is 35.0 Å². The van der Waals surface area contributed by atoms with Gasteiger partial charge in [-0.25, -0.2) is 0 Å². The number of hydrogen-bond acceptors (Lipinski definition) is 5. The van der Waals surface area contributed by atoms with Crippen LogP contribution in [0.5, 0.6) is 11.5 Å². The molecule has 3 rings (SSSR count). The van der Waals surface area contributed by atoms with Crippen LogP contribution >= 0.6 is 0 Å². The van der Waals surface area contributed by atoms with Crippen LogP contribution in [-0.2, 0) is 15.8 Å². The first kappa shape index (κ1) is 26.1. The first-order chi connectivity index (χ1) is 17.0. The van der Waals surface area contributed by atoms with Crippen molar-refractivity contribution in [3.05, 3.63) is 83.4 Å². The minimum atomic E-state index is -4.52. The third-order valence-corrected chi connectivity index (χ3v) is 4.91. The lowest BCUT2D eigenvalue weighted by Crippen LogP contribution is -2.20. The van der Waals surface area contributed by atoms with Gasteiger partial charge in [-0.05, 0) is 66.6 Å². The number of halogens is 3. The largest absolute Gasteiger partial charge is 0.493 e. The maximum Gasteiger partial charge on any atom is 0.416 e. The van der Waals surface area contributed by atoms with E-state index in [2.05, 4.69) is 10.6 Å². The quantitative estimate of drug-likeness (QED) is 0.289. The van der Waals surface area contributed by atoms with Crippen LogP contribution < -0.4 is 25.8 Å². The minimum Gasteiger partial charge on any atom is -0.493 e. The summed E-state index contributed by atoms with van der Waals surface area (Å²) in [4.78, 5) is 24.4. The predicted molar refractivity (Wildman–Crippen MR) is 132 cm³/mol. The molecule has 7 nitrogen and oxygen atoms in total. The molecule has 0 aromatic heterocycles. The Morgan fingerprint density at radius 1 is 1.00 bits per heavy atom.